The predicted octanol–water partition coefficient (Wildman–Crippen LogP) is 18.5. The van der Waals surface area contributed by atoms with Gasteiger partial charge in [-0.1, -0.05) is 165 Å². The summed E-state index contributed by atoms with van der Waals surface area (Å²) in [5, 5.41) is 45.8. The highest BCUT2D eigenvalue weighted by molar-refractivity contribution is 6.34. The van der Waals surface area contributed by atoms with Crippen LogP contribution in [0, 0.1) is 5.92 Å². The number of halogens is 4. The minimum absolute atomic E-state index is 0.219. The molecule has 0 saturated heterocycles. The average Bonchev–Trinajstić information content (AvgIpc) is 0.841. The highest BCUT2D eigenvalue weighted by atomic mass is 35.5. The van der Waals surface area contributed by atoms with Crippen LogP contribution in [0.4, 0.5) is 115 Å². The molecule has 31 nitrogen and oxygen atoms in total. The van der Waals surface area contributed by atoms with Crippen LogP contribution in [0.5, 0.6) is 5.75 Å². The number of nitrogens with one attached hydrogen (secondary N) is 15. The number of ether oxygens (including phenoxy) is 1. The topological polar surface area (TPSA) is 398 Å². The van der Waals surface area contributed by atoms with Gasteiger partial charge in [-0.25, -0.2) is 19.9 Å². The molecule has 0 fully saturated rings. The largest absolute Gasteiger partial charge is 0.494 e. The molecule has 125 heavy (non-hydrogen) atoms. The van der Waals surface area contributed by atoms with E-state index in [1.54, 1.807) is 136 Å². The highest BCUT2D eigenvalue weighted by Crippen LogP contribution is 2.35. The van der Waals surface area contributed by atoms with Crippen molar-refractivity contribution in [3.8, 4) is 5.75 Å². The second-order valence-corrected chi connectivity index (χ2v) is 28.8. The Balaban J connectivity index is 0.000000189. The molecule has 12 rings (SSSR count). The Bertz CT molecular complexity index is 5840. The Hall–Kier alpha value is -14.9. The fourth-order valence-corrected chi connectivity index (χ4v) is 11.8. The lowest BCUT2D eigenvalue weighted by molar-refractivity contribution is -0.112. The van der Waals surface area contributed by atoms with Crippen molar-refractivity contribution in [3.05, 3.63) is 305 Å². The molecular weight excluding hydrogens is 1670 g/mol. The number of methoxy groups -OCH3 is 1. The van der Waals surface area contributed by atoms with Gasteiger partial charge in [-0.05, 0) is 166 Å². The van der Waals surface area contributed by atoms with Crippen LogP contribution in [0.1, 0.15) is 45.7 Å². The number of hydrogen-bond donors (Lipinski definition) is 15. The maximum absolute atomic E-state index is 12.1. The molecule has 642 valence electrons. The van der Waals surface area contributed by atoms with Crippen LogP contribution < -0.4 is 84.5 Å². The van der Waals surface area contributed by atoms with Gasteiger partial charge >= 0.3 is 0 Å². The van der Waals surface area contributed by atoms with E-state index < -0.39 is 0 Å². The maximum atomic E-state index is 12.1. The fourth-order valence-electron chi connectivity index (χ4n) is 11.2. The molecule has 0 unspecified atom stereocenters. The Morgan fingerprint density at radius 3 is 1.12 bits per heavy atom. The molecule has 0 aliphatic carbocycles. The molecule has 0 radical (unpaired) electrons. The summed E-state index contributed by atoms with van der Waals surface area (Å²) in [6.07, 6.45) is 13.8. The number of likely N-dealkylation sites (N-methyl/N-ethyl adjacent to an activating group) is 1. The molecule has 0 aliphatic heterocycles. The average molecular weight is 1760 g/mol. The van der Waals surface area contributed by atoms with Gasteiger partial charge in [0.1, 0.15) is 25.8 Å². The Morgan fingerprint density at radius 2 is 0.744 bits per heavy atom. The number of nitrogens with zero attached hydrogens (tertiary/aromatic N) is 9. The van der Waals surface area contributed by atoms with Gasteiger partial charge < -0.3 is 89.4 Å². The second-order valence-electron chi connectivity index (χ2n) is 27.1. The van der Waals surface area contributed by atoms with E-state index >= 15 is 0 Å². The van der Waals surface area contributed by atoms with E-state index in [9.17, 15) is 28.8 Å². The van der Waals surface area contributed by atoms with Crippen LogP contribution in [0.3, 0.4) is 0 Å². The first-order valence-corrected chi connectivity index (χ1v) is 39.9. The van der Waals surface area contributed by atoms with Gasteiger partial charge in [0.15, 0.2) is 23.3 Å². The Kier molecular flexibility index (Phi) is 36.1. The predicted molar refractivity (Wildman–Crippen MR) is 503 cm³/mol. The molecule has 12 aromatic rings. The van der Waals surface area contributed by atoms with Crippen LogP contribution in [-0.4, -0.2) is 129 Å². The number of aromatic nitrogens is 8. The highest BCUT2D eigenvalue weighted by Gasteiger charge is 2.19. The molecule has 0 saturated carbocycles. The zero-order valence-electron chi connectivity index (χ0n) is 69.3. The lowest BCUT2D eigenvalue weighted by atomic mass is 10.0. The SMILES string of the molecule is C=CC(=O)Nc1ccc(Nc2ncc(Cl)c(Nc3ccccc3C(=O)NC)n2)c(OC)c1.C=CC(=O)Nc1cccc(Nc2ncc(Cl)c(Nc3ccccc3CC(C)C)n2)c1.C=CC(=O)Nc1cccc(Nc2ncc(Cl)c(Nc3ccccc3CNC)n2)c1.CNC(=O)c1ccccc1Nc1nc(Nc2cccc(NC(=O)/C=C/CN(C)C)c2)ncc1Cl. The van der Waals surface area contributed by atoms with Crippen molar-refractivity contribution in [1.82, 2.24) is 60.7 Å². The summed E-state index contributed by atoms with van der Waals surface area (Å²) in [6.45, 7) is 16.1. The zero-order valence-corrected chi connectivity index (χ0v) is 72.3. The van der Waals surface area contributed by atoms with Gasteiger partial charge in [0.25, 0.3) is 11.8 Å². The number of benzene rings is 8. The third-order valence-electron chi connectivity index (χ3n) is 17.0. The van der Waals surface area contributed by atoms with E-state index in [1.165, 1.54) is 55.6 Å². The molecule has 4 heterocycles. The minimum atomic E-state index is -0.332. The molecule has 0 aliphatic rings. The molecule has 8 aromatic carbocycles. The van der Waals surface area contributed by atoms with Crippen molar-refractivity contribution in [2.24, 2.45) is 5.92 Å². The van der Waals surface area contributed by atoms with E-state index in [1.807, 2.05) is 98.8 Å². The smallest absolute Gasteiger partial charge is 0.253 e. The zero-order chi connectivity index (χ0) is 89.7. The summed E-state index contributed by atoms with van der Waals surface area (Å²) in [6, 6.07) is 56.7. The Labute approximate surface area is 743 Å². The van der Waals surface area contributed by atoms with Crippen LogP contribution in [0.15, 0.2) is 263 Å². The van der Waals surface area contributed by atoms with Gasteiger partial charge in [-0.3, -0.25) is 28.8 Å². The van der Waals surface area contributed by atoms with Crippen molar-refractivity contribution in [3.63, 3.8) is 0 Å². The summed E-state index contributed by atoms with van der Waals surface area (Å²) in [5.41, 5.74) is 11.3. The number of hydrogen-bond acceptors (Lipinski definition) is 25. The number of anilines is 20. The number of para-hydroxylation sites is 4. The summed E-state index contributed by atoms with van der Waals surface area (Å²) in [7, 11) is 10.4. The first-order chi connectivity index (χ1) is 60.3. The summed E-state index contributed by atoms with van der Waals surface area (Å²) >= 11 is 25.2. The standard InChI is InChI=1S/C24H26ClN7O2.C23H24ClN5O.C22H21ClN6O3.C21H21ClN6O/c1-26-23(34)18-10-4-5-11-20(18)30-22-19(25)15-27-24(31-22)29-17-9-6-8-16(14-17)28-21(33)12-7-13-32(2)3;1-4-21(30)26-17-9-7-10-18(13-17)27-23-25-14-19(24)22(29-23)28-20-11-6-5-8-16(20)12-15(2)3;1-4-19(30)26-13-9-10-17(18(11-13)32-3)28-22-25-12-15(23)20(29-22)27-16-8-6-5-7-14(16)21(31)24-2;1-3-19(29)25-15-8-6-9-16(11-15)26-21-24-13-17(22)20(28-21)27-18-10-5-4-7-14(18)12-23-2/h4-12,14-15H,13H2,1-3H3,(H,26,34)(H,28,33)(H2,27,29,30,31);4-11,13-15H,1,12H2,2-3H3,(H,26,30)(H2,25,27,28,29);4-12H,1H2,2-3H3,(H,24,31)(H,26,30)(H2,25,27,28,29);3-11,13,23H,1,12H2,2H3,(H,25,29)(H2,24,26,27,28)/b12-7+;;;. The number of carbonyl (C=O) groups is 6. The van der Waals surface area contributed by atoms with E-state index in [4.69, 9.17) is 51.1 Å². The third-order valence-corrected chi connectivity index (χ3v) is 18.1. The lowest BCUT2D eigenvalue weighted by Crippen LogP contribution is -2.19. The van der Waals surface area contributed by atoms with Crippen LogP contribution in [0.25, 0.3) is 0 Å². The van der Waals surface area contributed by atoms with Gasteiger partial charge in [-0.15, -0.1) is 0 Å². The summed E-state index contributed by atoms with van der Waals surface area (Å²) in [5.74, 6) is 2.35. The molecule has 4 aromatic heterocycles. The van der Waals surface area contributed by atoms with E-state index in [2.05, 4.69) is 159 Å². The molecule has 6 amide bonds. The second kappa shape index (κ2) is 48.0. The third kappa shape index (κ3) is 29.8. The molecule has 15 N–H and O–H groups in total. The van der Waals surface area contributed by atoms with Crippen molar-refractivity contribution in [1.29, 1.82) is 0 Å². The summed E-state index contributed by atoms with van der Waals surface area (Å²) < 4.78 is 5.40. The van der Waals surface area contributed by atoms with Crippen LogP contribution >= 0.6 is 46.4 Å². The van der Waals surface area contributed by atoms with Gasteiger partial charge in [0.05, 0.1) is 60.1 Å². The van der Waals surface area contributed by atoms with E-state index in [0.29, 0.717) is 138 Å². The minimum Gasteiger partial charge on any atom is -0.494 e. The molecule has 0 atom stereocenters. The molecule has 35 heteroatoms. The number of carbonyl (C=O) groups excluding carboxylic acids is 6. The first-order valence-electron chi connectivity index (χ1n) is 38.4. The quantitative estimate of drug-likeness (QED) is 0.0170. The lowest BCUT2D eigenvalue weighted by Gasteiger charge is -2.15. The van der Waals surface area contributed by atoms with Gasteiger partial charge in [0.2, 0.25) is 47.4 Å². The number of rotatable bonds is 33. The van der Waals surface area contributed by atoms with Crippen molar-refractivity contribution >= 4 is 197 Å². The normalized spacial score (nSPS) is 10.4. The number of amides is 6. The molecule has 0 spiro atoms. The van der Waals surface area contributed by atoms with E-state index in [0.717, 1.165) is 34.7 Å². The van der Waals surface area contributed by atoms with Gasteiger partial charge in [0, 0.05) is 90.5 Å². The maximum Gasteiger partial charge on any atom is 0.253 e. The fraction of sp³-hybridized carbons (Fsp3) is 0.133. The van der Waals surface area contributed by atoms with Crippen molar-refractivity contribution < 1.29 is 33.5 Å². The molecular formula is C90H92Cl4N24O7. The van der Waals surface area contributed by atoms with Crippen molar-refractivity contribution in [2.45, 2.75) is 26.8 Å². The van der Waals surface area contributed by atoms with Crippen molar-refractivity contribution in [2.75, 3.05) is 113 Å². The van der Waals surface area contributed by atoms with Gasteiger partial charge in [-0.2, -0.15) is 19.9 Å². The van der Waals surface area contributed by atoms with Crippen LogP contribution in [0.2, 0.25) is 20.1 Å². The first kappa shape index (κ1) is 94.0. The Morgan fingerprint density at radius 1 is 0.400 bits per heavy atom. The van der Waals surface area contributed by atoms with E-state index in [-0.39, 0.29) is 46.4 Å². The van der Waals surface area contributed by atoms with Crippen LogP contribution in [-0.2, 0) is 32.1 Å². The monoisotopic (exact) mass is 1760 g/mol. The molecule has 0 bridgehead atoms. The summed E-state index contributed by atoms with van der Waals surface area (Å²) in [4.78, 5) is 108.